The summed E-state index contributed by atoms with van der Waals surface area (Å²) in [5, 5.41) is 6.87. The van der Waals surface area contributed by atoms with Crippen molar-refractivity contribution >= 4 is 22.9 Å². The third-order valence-electron chi connectivity index (χ3n) is 2.94. The molecule has 2 aromatic rings. The molecule has 1 unspecified atom stereocenters. The maximum atomic E-state index is 11.9. The van der Waals surface area contributed by atoms with E-state index in [1.807, 2.05) is 29.9 Å². The van der Waals surface area contributed by atoms with Gasteiger partial charge in [0.2, 0.25) is 0 Å². The van der Waals surface area contributed by atoms with Crippen LogP contribution in [-0.4, -0.2) is 17.9 Å². The second-order valence-corrected chi connectivity index (χ2v) is 4.68. The topological polar surface area (TPSA) is 45.2 Å². The molecule has 0 radical (unpaired) electrons. The molecular formula is C12H11N3OS. The van der Waals surface area contributed by atoms with E-state index in [0.717, 1.165) is 16.8 Å². The third-order valence-corrected chi connectivity index (χ3v) is 3.67. The molecule has 1 amide bonds. The van der Waals surface area contributed by atoms with Crippen molar-refractivity contribution < 1.29 is 4.79 Å². The van der Waals surface area contributed by atoms with Gasteiger partial charge >= 0.3 is 0 Å². The molecule has 5 heteroatoms. The summed E-state index contributed by atoms with van der Waals surface area (Å²) in [5.41, 5.74) is 2.77. The molecule has 1 atom stereocenters. The number of rotatable bonds is 1. The molecule has 0 saturated heterocycles. The SMILES string of the molecule is CN1c2cscc2C(=O)NC1c1ccncc1. The molecule has 0 spiro atoms. The lowest BCUT2D eigenvalue weighted by atomic mass is 10.1. The first-order valence-corrected chi connectivity index (χ1v) is 6.21. The molecule has 1 N–H and O–H groups in total. The van der Waals surface area contributed by atoms with Gasteiger partial charge in [-0.2, -0.15) is 0 Å². The number of carbonyl (C=O) groups is 1. The molecule has 1 aliphatic rings. The highest BCUT2D eigenvalue weighted by molar-refractivity contribution is 7.08. The summed E-state index contributed by atoms with van der Waals surface area (Å²) in [4.78, 5) is 18.0. The van der Waals surface area contributed by atoms with Crippen LogP contribution in [0.4, 0.5) is 5.69 Å². The lowest BCUT2D eigenvalue weighted by Crippen LogP contribution is -2.44. The second kappa shape index (κ2) is 3.85. The van der Waals surface area contributed by atoms with Crippen LogP contribution in [-0.2, 0) is 0 Å². The summed E-state index contributed by atoms with van der Waals surface area (Å²) in [7, 11) is 1.98. The van der Waals surface area contributed by atoms with Crippen LogP contribution >= 0.6 is 11.3 Å². The first-order valence-electron chi connectivity index (χ1n) is 5.27. The quantitative estimate of drug-likeness (QED) is 0.836. The number of hydrogen-bond donors (Lipinski definition) is 1. The summed E-state index contributed by atoms with van der Waals surface area (Å²) >= 11 is 1.55. The van der Waals surface area contributed by atoms with Crippen molar-refractivity contribution in [3.63, 3.8) is 0 Å². The van der Waals surface area contributed by atoms with E-state index < -0.39 is 0 Å². The molecule has 0 aromatic carbocycles. The molecular weight excluding hydrogens is 234 g/mol. The number of aromatic nitrogens is 1. The van der Waals surface area contributed by atoms with Crippen LogP contribution in [0.25, 0.3) is 0 Å². The Balaban J connectivity index is 2.03. The Labute approximate surface area is 103 Å². The minimum atomic E-state index is -0.118. The van der Waals surface area contributed by atoms with Gasteiger partial charge in [0.1, 0.15) is 6.17 Å². The predicted octanol–water partition coefficient (Wildman–Crippen LogP) is 2.02. The first-order chi connectivity index (χ1) is 8.27. The van der Waals surface area contributed by atoms with Crippen LogP contribution < -0.4 is 10.2 Å². The molecule has 0 aliphatic carbocycles. The van der Waals surface area contributed by atoms with Gasteiger partial charge in [0.05, 0.1) is 11.3 Å². The predicted molar refractivity (Wildman–Crippen MR) is 67.2 cm³/mol. The van der Waals surface area contributed by atoms with Crippen LogP contribution in [0.5, 0.6) is 0 Å². The highest BCUT2D eigenvalue weighted by atomic mass is 32.1. The van der Waals surface area contributed by atoms with Crippen molar-refractivity contribution in [2.24, 2.45) is 0 Å². The minimum Gasteiger partial charge on any atom is -0.349 e. The van der Waals surface area contributed by atoms with Crippen molar-refractivity contribution in [1.29, 1.82) is 0 Å². The van der Waals surface area contributed by atoms with Gasteiger partial charge in [-0.05, 0) is 17.7 Å². The zero-order chi connectivity index (χ0) is 11.8. The van der Waals surface area contributed by atoms with E-state index in [1.54, 1.807) is 23.7 Å². The van der Waals surface area contributed by atoms with E-state index in [-0.39, 0.29) is 12.1 Å². The van der Waals surface area contributed by atoms with E-state index in [1.165, 1.54) is 0 Å². The Morgan fingerprint density at radius 1 is 1.35 bits per heavy atom. The summed E-state index contributed by atoms with van der Waals surface area (Å²) in [6.07, 6.45) is 3.35. The molecule has 1 aliphatic heterocycles. The largest absolute Gasteiger partial charge is 0.349 e. The van der Waals surface area contributed by atoms with E-state index in [4.69, 9.17) is 0 Å². The van der Waals surface area contributed by atoms with Crippen LogP contribution in [0.3, 0.4) is 0 Å². The molecule has 2 aromatic heterocycles. The highest BCUT2D eigenvalue weighted by Crippen LogP contribution is 2.33. The smallest absolute Gasteiger partial charge is 0.256 e. The number of nitrogens with one attached hydrogen (secondary N) is 1. The van der Waals surface area contributed by atoms with E-state index in [0.29, 0.717) is 0 Å². The van der Waals surface area contributed by atoms with Crippen LogP contribution in [0, 0.1) is 0 Å². The maximum Gasteiger partial charge on any atom is 0.256 e. The zero-order valence-corrected chi connectivity index (χ0v) is 10.1. The Kier molecular flexibility index (Phi) is 2.33. The number of pyridine rings is 1. The average molecular weight is 245 g/mol. The van der Waals surface area contributed by atoms with Crippen molar-refractivity contribution in [2.75, 3.05) is 11.9 Å². The number of fused-ring (bicyclic) bond motifs is 1. The number of anilines is 1. The van der Waals surface area contributed by atoms with E-state index in [2.05, 4.69) is 15.2 Å². The Bertz CT molecular complexity index is 552. The number of nitrogens with zero attached hydrogens (tertiary/aromatic N) is 2. The van der Waals surface area contributed by atoms with Gasteiger partial charge in [0.15, 0.2) is 0 Å². The summed E-state index contributed by atoms with van der Waals surface area (Å²) in [6.45, 7) is 0. The molecule has 0 bridgehead atoms. The van der Waals surface area contributed by atoms with E-state index in [9.17, 15) is 4.79 Å². The van der Waals surface area contributed by atoms with Crippen LogP contribution in [0.1, 0.15) is 22.1 Å². The number of hydrogen-bond acceptors (Lipinski definition) is 4. The second-order valence-electron chi connectivity index (χ2n) is 3.94. The molecule has 0 fully saturated rings. The third kappa shape index (κ3) is 1.59. The Hall–Kier alpha value is -1.88. The fourth-order valence-corrected chi connectivity index (χ4v) is 2.88. The lowest BCUT2D eigenvalue weighted by molar-refractivity contribution is 0.0928. The number of amides is 1. The summed E-state index contributed by atoms with van der Waals surface area (Å²) in [5.74, 6) is -0.0128. The van der Waals surface area contributed by atoms with Crippen molar-refractivity contribution in [1.82, 2.24) is 10.3 Å². The van der Waals surface area contributed by atoms with Crippen molar-refractivity contribution in [3.8, 4) is 0 Å². The van der Waals surface area contributed by atoms with E-state index >= 15 is 0 Å². The molecule has 4 nitrogen and oxygen atoms in total. The lowest BCUT2D eigenvalue weighted by Gasteiger charge is -2.34. The number of carbonyl (C=O) groups excluding carboxylic acids is 1. The molecule has 3 heterocycles. The van der Waals surface area contributed by atoms with Gasteiger partial charge in [-0.1, -0.05) is 0 Å². The van der Waals surface area contributed by atoms with Gasteiger partial charge < -0.3 is 10.2 Å². The van der Waals surface area contributed by atoms with Crippen LogP contribution in [0.15, 0.2) is 35.3 Å². The first kappa shape index (κ1) is 10.3. The average Bonchev–Trinajstić information content (AvgIpc) is 2.85. The summed E-state index contributed by atoms with van der Waals surface area (Å²) in [6, 6.07) is 3.83. The van der Waals surface area contributed by atoms with Crippen LogP contribution in [0.2, 0.25) is 0 Å². The van der Waals surface area contributed by atoms with Gasteiger partial charge in [-0.15, -0.1) is 11.3 Å². The zero-order valence-electron chi connectivity index (χ0n) is 9.25. The molecule has 0 saturated carbocycles. The standard InChI is InChI=1S/C12H11N3OS/c1-15-10-7-17-6-9(10)12(16)14-11(15)8-2-4-13-5-3-8/h2-7,11H,1H3,(H,14,16). The molecule has 86 valence electrons. The van der Waals surface area contributed by atoms with Gasteiger partial charge in [-0.25, -0.2) is 0 Å². The van der Waals surface area contributed by atoms with Gasteiger partial charge in [0.25, 0.3) is 5.91 Å². The maximum absolute atomic E-state index is 11.9. The van der Waals surface area contributed by atoms with Crippen molar-refractivity contribution in [2.45, 2.75) is 6.17 Å². The Morgan fingerprint density at radius 2 is 2.12 bits per heavy atom. The fourth-order valence-electron chi connectivity index (χ4n) is 2.02. The van der Waals surface area contributed by atoms with Crippen molar-refractivity contribution in [3.05, 3.63) is 46.4 Å². The Morgan fingerprint density at radius 3 is 2.88 bits per heavy atom. The molecule has 3 rings (SSSR count). The fraction of sp³-hybridized carbons (Fsp3) is 0.167. The minimum absolute atomic E-state index is 0.0128. The monoisotopic (exact) mass is 245 g/mol. The summed E-state index contributed by atoms with van der Waals surface area (Å²) < 4.78 is 0. The molecule has 17 heavy (non-hydrogen) atoms. The number of thiophene rings is 1. The van der Waals surface area contributed by atoms with Gasteiger partial charge in [-0.3, -0.25) is 9.78 Å². The normalized spacial score (nSPS) is 18.8. The van der Waals surface area contributed by atoms with Gasteiger partial charge in [0, 0.05) is 30.2 Å². The highest BCUT2D eigenvalue weighted by Gasteiger charge is 2.29.